The molecule has 7 heteroatoms. The first kappa shape index (κ1) is 18.5. The van der Waals surface area contributed by atoms with Crippen molar-refractivity contribution >= 4 is 17.8 Å². The number of methoxy groups -OCH3 is 2. The van der Waals surface area contributed by atoms with Gasteiger partial charge in [0, 0.05) is 5.56 Å². The number of ketones is 1. The van der Waals surface area contributed by atoms with E-state index in [1.165, 1.54) is 19.2 Å². The zero-order valence-corrected chi connectivity index (χ0v) is 13.8. The molecule has 23 heavy (non-hydrogen) atoms. The van der Waals surface area contributed by atoms with Crippen LogP contribution in [0.3, 0.4) is 0 Å². The highest BCUT2D eigenvalue weighted by molar-refractivity contribution is 6.13. The number of benzene rings is 1. The van der Waals surface area contributed by atoms with Crippen LogP contribution in [0.1, 0.15) is 31.1 Å². The van der Waals surface area contributed by atoms with Crippen LogP contribution in [0, 0.1) is 0 Å². The van der Waals surface area contributed by atoms with E-state index >= 15 is 0 Å². The molecule has 0 radical (unpaired) electrons. The molecule has 0 saturated heterocycles. The number of nitrogens with one attached hydrogen (secondary N) is 1. The number of hydrogen-bond acceptors (Lipinski definition) is 6. The fourth-order valence-electron chi connectivity index (χ4n) is 1.70. The van der Waals surface area contributed by atoms with Crippen LogP contribution in [0.25, 0.3) is 0 Å². The molecule has 0 spiro atoms. The minimum atomic E-state index is -1.48. The predicted octanol–water partition coefficient (Wildman–Crippen LogP) is 1.94. The van der Waals surface area contributed by atoms with Crippen molar-refractivity contribution in [2.45, 2.75) is 32.4 Å². The summed E-state index contributed by atoms with van der Waals surface area (Å²) in [6, 6.07) is 4.66. The zero-order valence-electron chi connectivity index (χ0n) is 13.8. The van der Waals surface area contributed by atoms with Crippen molar-refractivity contribution in [2.75, 3.05) is 14.2 Å². The molecule has 0 heterocycles. The molecule has 0 aliphatic carbocycles. The molecule has 0 unspecified atom stereocenters. The van der Waals surface area contributed by atoms with Crippen LogP contribution in [0.5, 0.6) is 5.75 Å². The quantitative estimate of drug-likeness (QED) is 0.506. The summed E-state index contributed by atoms with van der Waals surface area (Å²) in [4.78, 5) is 36.1. The van der Waals surface area contributed by atoms with Gasteiger partial charge < -0.3 is 19.5 Å². The maximum Gasteiger partial charge on any atom is 0.408 e. The molecule has 0 bridgehead atoms. The first-order valence-corrected chi connectivity index (χ1v) is 6.93. The standard InChI is InChI=1S/C16H21NO6/c1-16(2,3)23-15(20)17-12(14(19)22-5)13(18)10-6-8-11(21-4)9-7-10/h6-9,12H,1-5H3,(H,17,20)/t12-/m0/s1. The summed E-state index contributed by atoms with van der Waals surface area (Å²) in [5.74, 6) is -0.918. The van der Waals surface area contributed by atoms with Crippen molar-refractivity contribution in [2.24, 2.45) is 0 Å². The Morgan fingerprint density at radius 3 is 2.04 bits per heavy atom. The normalized spacial score (nSPS) is 12.0. The fraction of sp³-hybridized carbons (Fsp3) is 0.438. The van der Waals surface area contributed by atoms with Gasteiger partial charge in [-0.1, -0.05) is 0 Å². The molecule has 1 aromatic carbocycles. The summed E-state index contributed by atoms with van der Waals surface area (Å²) in [5.41, 5.74) is -0.522. The molecule has 0 fully saturated rings. The maximum absolute atomic E-state index is 12.4. The highest BCUT2D eigenvalue weighted by Crippen LogP contribution is 2.14. The Morgan fingerprint density at radius 1 is 1.04 bits per heavy atom. The molecule has 1 aromatic rings. The number of esters is 1. The molecule has 0 aliphatic rings. The zero-order chi connectivity index (χ0) is 17.6. The van der Waals surface area contributed by atoms with Crippen LogP contribution in [-0.4, -0.2) is 43.7 Å². The molecular formula is C16H21NO6. The number of amides is 1. The molecule has 7 nitrogen and oxygen atoms in total. The van der Waals surface area contributed by atoms with E-state index in [2.05, 4.69) is 10.1 Å². The Balaban J connectivity index is 2.94. The van der Waals surface area contributed by atoms with Gasteiger partial charge in [0.15, 0.2) is 11.8 Å². The van der Waals surface area contributed by atoms with Gasteiger partial charge in [0.25, 0.3) is 0 Å². The predicted molar refractivity (Wildman–Crippen MR) is 82.5 cm³/mol. The topological polar surface area (TPSA) is 90.9 Å². The van der Waals surface area contributed by atoms with Gasteiger partial charge in [0.1, 0.15) is 11.4 Å². The number of carbonyl (C=O) groups is 3. The van der Waals surface area contributed by atoms with Gasteiger partial charge in [-0.25, -0.2) is 9.59 Å². The molecular weight excluding hydrogens is 302 g/mol. The summed E-state index contributed by atoms with van der Waals surface area (Å²) in [6.07, 6.45) is -0.880. The van der Waals surface area contributed by atoms with Crippen molar-refractivity contribution < 1.29 is 28.6 Å². The number of ether oxygens (including phenoxy) is 3. The maximum atomic E-state index is 12.4. The van der Waals surface area contributed by atoms with E-state index in [1.54, 1.807) is 32.9 Å². The molecule has 0 saturated carbocycles. The van der Waals surface area contributed by atoms with Crippen molar-refractivity contribution in [1.82, 2.24) is 5.32 Å². The first-order valence-electron chi connectivity index (χ1n) is 6.93. The lowest BCUT2D eigenvalue weighted by molar-refractivity contribution is -0.141. The highest BCUT2D eigenvalue weighted by atomic mass is 16.6. The molecule has 0 aromatic heterocycles. The van der Waals surface area contributed by atoms with Crippen LogP contribution in [-0.2, 0) is 14.3 Å². The van der Waals surface area contributed by atoms with Crippen molar-refractivity contribution in [3.05, 3.63) is 29.8 Å². The van der Waals surface area contributed by atoms with Gasteiger partial charge in [0.2, 0.25) is 0 Å². The van der Waals surface area contributed by atoms with Crippen LogP contribution in [0.15, 0.2) is 24.3 Å². The average molecular weight is 323 g/mol. The summed E-state index contributed by atoms with van der Waals surface area (Å²) in [7, 11) is 2.63. The number of hydrogen-bond donors (Lipinski definition) is 1. The van der Waals surface area contributed by atoms with Crippen LogP contribution >= 0.6 is 0 Å². The third-order valence-electron chi connectivity index (χ3n) is 2.73. The third kappa shape index (κ3) is 5.61. The Morgan fingerprint density at radius 2 is 1.61 bits per heavy atom. The molecule has 1 atom stereocenters. The van der Waals surface area contributed by atoms with E-state index in [0.717, 1.165) is 7.11 Å². The number of alkyl carbamates (subject to hydrolysis) is 1. The second kappa shape index (κ2) is 7.62. The Labute approximate surface area is 134 Å². The average Bonchev–Trinajstić information content (AvgIpc) is 2.49. The lowest BCUT2D eigenvalue weighted by Gasteiger charge is -2.22. The van der Waals surface area contributed by atoms with Crippen molar-refractivity contribution in [1.29, 1.82) is 0 Å². The van der Waals surface area contributed by atoms with E-state index in [4.69, 9.17) is 9.47 Å². The van der Waals surface area contributed by atoms with Crippen molar-refractivity contribution in [3.63, 3.8) is 0 Å². The summed E-state index contributed by atoms with van der Waals surface area (Å²) < 4.78 is 14.6. The SMILES string of the molecule is COC(=O)[C@@H](NC(=O)OC(C)(C)C)C(=O)c1ccc(OC)cc1. The molecule has 0 aliphatic heterocycles. The van der Waals surface area contributed by atoms with Gasteiger partial charge in [-0.05, 0) is 45.0 Å². The minimum Gasteiger partial charge on any atom is -0.497 e. The number of Topliss-reactive ketones (excluding diaryl/α,β-unsaturated/α-hetero) is 1. The van der Waals surface area contributed by atoms with Gasteiger partial charge >= 0.3 is 12.1 Å². The first-order chi connectivity index (χ1) is 10.7. The van der Waals surface area contributed by atoms with Gasteiger partial charge in [-0.3, -0.25) is 4.79 Å². The second-order valence-corrected chi connectivity index (χ2v) is 5.70. The van der Waals surface area contributed by atoms with E-state index in [9.17, 15) is 14.4 Å². The molecule has 1 rings (SSSR count). The summed E-state index contributed by atoms with van der Waals surface area (Å²) >= 11 is 0. The highest BCUT2D eigenvalue weighted by Gasteiger charge is 2.32. The minimum absolute atomic E-state index is 0.234. The Bertz CT molecular complexity index is 573. The molecule has 126 valence electrons. The summed E-state index contributed by atoms with van der Waals surface area (Å²) in [5, 5.41) is 2.23. The third-order valence-corrected chi connectivity index (χ3v) is 2.73. The van der Waals surface area contributed by atoms with E-state index < -0.39 is 29.5 Å². The lowest BCUT2D eigenvalue weighted by Crippen LogP contribution is -2.48. The smallest absolute Gasteiger partial charge is 0.408 e. The van der Waals surface area contributed by atoms with Crippen molar-refractivity contribution in [3.8, 4) is 5.75 Å². The van der Waals surface area contributed by atoms with E-state index in [-0.39, 0.29) is 5.56 Å². The molecule has 1 amide bonds. The van der Waals surface area contributed by atoms with Gasteiger partial charge in [-0.15, -0.1) is 0 Å². The van der Waals surface area contributed by atoms with E-state index in [0.29, 0.717) is 5.75 Å². The Hall–Kier alpha value is -2.57. The monoisotopic (exact) mass is 323 g/mol. The fourth-order valence-corrected chi connectivity index (χ4v) is 1.70. The van der Waals surface area contributed by atoms with Gasteiger partial charge in [-0.2, -0.15) is 0 Å². The van der Waals surface area contributed by atoms with Crippen LogP contribution < -0.4 is 10.1 Å². The van der Waals surface area contributed by atoms with E-state index in [1.807, 2.05) is 0 Å². The number of carbonyl (C=O) groups excluding carboxylic acids is 3. The lowest BCUT2D eigenvalue weighted by atomic mass is 10.0. The largest absolute Gasteiger partial charge is 0.497 e. The number of rotatable bonds is 5. The van der Waals surface area contributed by atoms with Crippen LogP contribution in [0.2, 0.25) is 0 Å². The van der Waals surface area contributed by atoms with Crippen LogP contribution in [0.4, 0.5) is 4.79 Å². The molecule has 1 N–H and O–H groups in total. The Kier molecular flexibility index (Phi) is 6.12. The summed E-state index contributed by atoms with van der Waals surface area (Å²) in [6.45, 7) is 5.01. The second-order valence-electron chi connectivity index (χ2n) is 5.70. The van der Waals surface area contributed by atoms with Gasteiger partial charge in [0.05, 0.1) is 14.2 Å².